The molecule has 5 aromatic carbocycles. The van der Waals surface area contributed by atoms with Gasteiger partial charge in [0.25, 0.3) is 0 Å². The molecule has 0 radical (unpaired) electrons. The fourth-order valence-corrected chi connectivity index (χ4v) is 7.03. The summed E-state index contributed by atoms with van der Waals surface area (Å²) in [7, 11) is 0. The van der Waals surface area contributed by atoms with Gasteiger partial charge in [-0.1, -0.05) is 115 Å². The molecular weight excluding hydrogens is 460 g/mol. The number of hydrogen-bond acceptors (Lipinski definition) is 1. The lowest BCUT2D eigenvalue weighted by atomic mass is 9.62. The van der Waals surface area contributed by atoms with Crippen LogP contribution >= 0.6 is 0 Å². The summed E-state index contributed by atoms with van der Waals surface area (Å²) in [6, 6.07) is 40.9. The van der Waals surface area contributed by atoms with Crippen LogP contribution in [0.2, 0.25) is 0 Å². The molecule has 6 rings (SSSR count). The average molecular weight is 495 g/mol. The van der Waals surface area contributed by atoms with E-state index in [0.717, 1.165) is 34.2 Å². The van der Waals surface area contributed by atoms with Crippen LogP contribution in [-0.2, 0) is 17.4 Å². The van der Waals surface area contributed by atoms with Crippen molar-refractivity contribution in [2.75, 3.05) is 0 Å². The zero-order chi connectivity index (χ0) is 26.5. The highest BCUT2D eigenvalue weighted by Gasteiger charge is 2.50. The molecule has 0 heterocycles. The Hall–Kier alpha value is -3.94. The van der Waals surface area contributed by atoms with Crippen LogP contribution in [0.15, 0.2) is 115 Å². The van der Waals surface area contributed by atoms with Crippen LogP contribution in [0.4, 0.5) is 0 Å². The first kappa shape index (κ1) is 24.4. The molecule has 0 aromatic heterocycles. The molecule has 38 heavy (non-hydrogen) atoms. The summed E-state index contributed by atoms with van der Waals surface area (Å²) < 4.78 is 0. The Bertz CT molecular complexity index is 1610. The molecule has 0 bridgehead atoms. The highest BCUT2D eigenvalue weighted by molar-refractivity contribution is 5.67. The molecule has 1 aliphatic carbocycles. The van der Waals surface area contributed by atoms with Crippen molar-refractivity contribution in [1.29, 1.82) is 0 Å². The first-order chi connectivity index (χ1) is 18.4. The monoisotopic (exact) mass is 494 g/mol. The Kier molecular flexibility index (Phi) is 5.85. The van der Waals surface area contributed by atoms with E-state index in [1.165, 1.54) is 33.4 Å². The standard InChI is InChI=1S/C37H34O/c1-25-14-5-9-19-30(25)36(31-20-10-6-15-26(31)2)24-29-18-8-12-22-33(29)37(38,32-21-11-7-16-27(32)3)35-28(4)17-13-23-34(35)36/h5-23,38H,24H2,1-4H3. The summed E-state index contributed by atoms with van der Waals surface area (Å²) in [5.41, 5.74) is 10.7. The van der Waals surface area contributed by atoms with Crippen molar-refractivity contribution in [2.24, 2.45) is 0 Å². The maximum atomic E-state index is 13.3. The van der Waals surface area contributed by atoms with E-state index in [2.05, 4.69) is 137 Å². The Labute approximate surface area is 226 Å². The number of aryl methyl sites for hydroxylation is 4. The van der Waals surface area contributed by atoms with Crippen molar-refractivity contribution in [2.45, 2.75) is 45.1 Å². The van der Waals surface area contributed by atoms with Crippen LogP contribution in [0.3, 0.4) is 0 Å². The minimum atomic E-state index is -1.30. The molecule has 188 valence electrons. The van der Waals surface area contributed by atoms with Gasteiger partial charge in [-0.15, -0.1) is 0 Å². The van der Waals surface area contributed by atoms with Crippen molar-refractivity contribution in [3.63, 3.8) is 0 Å². The van der Waals surface area contributed by atoms with Crippen molar-refractivity contribution < 1.29 is 5.11 Å². The predicted octanol–water partition coefficient (Wildman–Crippen LogP) is 8.09. The first-order valence-corrected chi connectivity index (χ1v) is 13.5. The number of hydrogen-bond donors (Lipinski definition) is 1. The van der Waals surface area contributed by atoms with E-state index in [9.17, 15) is 5.11 Å². The second-order valence-corrected chi connectivity index (χ2v) is 10.9. The van der Waals surface area contributed by atoms with E-state index < -0.39 is 11.0 Å². The van der Waals surface area contributed by atoms with Gasteiger partial charge in [-0.05, 0) is 95.3 Å². The average Bonchev–Trinajstić information content (AvgIpc) is 3.02. The van der Waals surface area contributed by atoms with Crippen LogP contribution in [0.5, 0.6) is 0 Å². The van der Waals surface area contributed by atoms with E-state index in [-0.39, 0.29) is 0 Å². The topological polar surface area (TPSA) is 20.2 Å². The van der Waals surface area contributed by atoms with Gasteiger partial charge in [-0.25, -0.2) is 0 Å². The zero-order valence-electron chi connectivity index (χ0n) is 22.6. The zero-order valence-corrected chi connectivity index (χ0v) is 22.6. The Balaban J connectivity index is 1.87. The Morgan fingerprint density at radius 2 is 0.868 bits per heavy atom. The molecule has 0 saturated carbocycles. The van der Waals surface area contributed by atoms with Crippen LogP contribution < -0.4 is 0 Å². The molecule has 1 aliphatic rings. The second kappa shape index (κ2) is 9.11. The molecule has 1 nitrogen and oxygen atoms in total. The van der Waals surface area contributed by atoms with Gasteiger partial charge in [0.1, 0.15) is 5.60 Å². The third-order valence-electron chi connectivity index (χ3n) is 8.70. The first-order valence-electron chi connectivity index (χ1n) is 13.5. The normalized spacial score (nSPS) is 17.8. The summed E-state index contributed by atoms with van der Waals surface area (Å²) in [4.78, 5) is 0. The fraction of sp³-hybridized carbons (Fsp3) is 0.189. The number of fused-ring (bicyclic) bond motifs is 2. The lowest BCUT2D eigenvalue weighted by Crippen LogP contribution is -2.36. The number of benzene rings is 5. The largest absolute Gasteiger partial charge is 0.376 e. The number of aliphatic hydroxyl groups is 1. The second-order valence-electron chi connectivity index (χ2n) is 10.9. The molecular formula is C37H34O. The molecule has 1 N–H and O–H groups in total. The van der Waals surface area contributed by atoms with E-state index >= 15 is 0 Å². The summed E-state index contributed by atoms with van der Waals surface area (Å²) in [6.45, 7) is 8.69. The molecule has 0 amide bonds. The predicted molar refractivity (Wildman–Crippen MR) is 157 cm³/mol. The fourth-order valence-electron chi connectivity index (χ4n) is 7.03. The quantitative estimate of drug-likeness (QED) is 0.269. The van der Waals surface area contributed by atoms with Gasteiger partial charge in [0, 0.05) is 0 Å². The minimum absolute atomic E-state index is 0.485. The third kappa shape index (κ3) is 3.42. The SMILES string of the molecule is Cc1ccccc1C1(O)c2ccccc2CC(c2ccccc2C)(c2ccccc2C)c2cccc(C)c21. The van der Waals surface area contributed by atoms with Gasteiger partial charge in [-0.3, -0.25) is 0 Å². The third-order valence-corrected chi connectivity index (χ3v) is 8.70. The van der Waals surface area contributed by atoms with Gasteiger partial charge in [0.15, 0.2) is 0 Å². The van der Waals surface area contributed by atoms with Crippen LogP contribution in [0, 0.1) is 27.7 Å². The van der Waals surface area contributed by atoms with Crippen LogP contribution in [-0.4, -0.2) is 5.11 Å². The lowest BCUT2D eigenvalue weighted by molar-refractivity contribution is 0.123. The highest BCUT2D eigenvalue weighted by atomic mass is 16.3. The van der Waals surface area contributed by atoms with Crippen molar-refractivity contribution >= 4 is 0 Å². The van der Waals surface area contributed by atoms with E-state index in [1.54, 1.807) is 0 Å². The van der Waals surface area contributed by atoms with Gasteiger partial charge in [0.05, 0.1) is 5.41 Å². The highest BCUT2D eigenvalue weighted by Crippen LogP contribution is 2.54. The lowest BCUT2D eigenvalue weighted by Gasteiger charge is -2.40. The van der Waals surface area contributed by atoms with E-state index in [1.807, 2.05) is 6.07 Å². The van der Waals surface area contributed by atoms with Crippen molar-refractivity contribution in [3.8, 4) is 0 Å². The molecule has 0 aliphatic heterocycles. The molecule has 5 aromatic rings. The van der Waals surface area contributed by atoms with Gasteiger partial charge >= 0.3 is 0 Å². The van der Waals surface area contributed by atoms with E-state index in [0.29, 0.717) is 0 Å². The van der Waals surface area contributed by atoms with Gasteiger partial charge in [0.2, 0.25) is 0 Å². The smallest absolute Gasteiger partial charge is 0.141 e. The molecule has 0 fully saturated rings. The summed E-state index contributed by atoms with van der Waals surface area (Å²) in [5.74, 6) is 0. The molecule has 0 spiro atoms. The Morgan fingerprint density at radius 1 is 0.447 bits per heavy atom. The van der Waals surface area contributed by atoms with Crippen molar-refractivity contribution in [3.05, 3.63) is 176 Å². The Morgan fingerprint density at radius 3 is 1.42 bits per heavy atom. The van der Waals surface area contributed by atoms with Crippen molar-refractivity contribution in [1.82, 2.24) is 0 Å². The van der Waals surface area contributed by atoms with Crippen LogP contribution in [0.1, 0.15) is 61.2 Å². The molecule has 0 saturated heterocycles. The summed E-state index contributed by atoms with van der Waals surface area (Å²) >= 11 is 0. The molecule has 1 heteroatoms. The van der Waals surface area contributed by atoms with Crippen LogP contribution in [0.25, 0.3) is 0 Å². The summed E-state index contributed by atoms with van der Waals surface area (Å²) in [5, 5.41) is 13.3. The van der Waals surface area contributed by atoms with Gasteiger partial charge < -0.3 is 5.11 Å². The van der Waals surface area contributed by atoms with Gasteiger partial charge in [-0.2, -0.15) is 0 Å². The molecule has 1 atom stereocenters. The maximum absolute atomic E-state index is 13.3. The molecule has 1 unspecified atom stereocenters. The number of rotatable bonds is 3. The van der Waals surface area contributed by atoms with E-state index in [4.69, 9.17) is 0 Å². The summed E-state index contributed by atoms with van der Waals surface area (Å²) in [6.07, 6.45) is 0.753. The maximum Gasteiger partial charge on any atom is 0.141 e. The minimum Gasteiger partial charge on any atom is -0.376 e.